The first kappa shape index (κ1) is 11.9. The zero-order valence-electron chi connectivity index (χ0n) is 6.73. The molecule has 0 aromatic rings. The molecule has 0 aliphatic heterocycles. The number of hydrogen-bond acceptors (Lipinski definition) is 2. The summed E-state index contributed by atoms with van der Waals surface area (Å²) >= 11 is 0. The molecule has 0 spiro atoms. The van der Waals surface area contributed by atoms with Crippen LogP contribution in [-0.4, -0.2) is 27.9 Å². The zero-order valence-corrected chi connectivity index (χ0v) is 7.54. The number of halogens is 3. The number of nitrogens with two attached hydrogens (primary N) is 1. The Labute approximate surface area is 71.8 Å². The monoisotopic (exact) mass is 203 g/mol. The molecule has 2 nitrogen and oxygen atoms in total. The maximum Gasteiger partial charge on any atom is 0.403 e. The molecule has 6 heteroatoms. The molecule has 0 amide bonds. The van der Waals surface area contributed by atoms with Gasteiger partial charge in [0.2, 0.25) is 0 Å². The molecule has 2 atom stereocenters. The Morgan fingerprint density at radius 3 is 2.25 bits per heavy atom. The first-order valence-electron chi connectivity index (χ1n) is 3.57. The summed E-state index contributed by atoms with van der Waals surface area (Å²) in [5, 5.41) is -1.76. The molecule has 0 heterocycles. The minimum Gasteiger partial charge on any atom is -0.330 e. The molecule has 2 unspecified atom stereocenters. The highest BCUT2D eigenvalue weighted by Crippen LogP contribution is 2.26. The molecule has 2 N–H and O–H groups in total. The van der Waals surface area contributed by atoms with Gasteiger partial charge in [-0.15, -0.1) is 0 Å². The van der Waals surface area contributed by atoms with E-state index in [1.54, 1.807) is 0 Å². The van der Waals surface area contributed by atoms with Crippen molar-refractivity contribution in [2.75, 3.05) is 12.3 Å². The lowest BCUT2D eigenvalue weighted by molar-refractivity contribution is -0.130. The second-order valence-electron chi connectivity index (χ2n) is 2.28. The number of hydrogen-bond donors (Lipinski definition) is 1. The summed E-state index contributed by atoms with van der Waals surface area (Å²) in [6.07, 6.45) is -4.65. The van der Waals surface area contributed by atoms with Gasteiger partial charge in [-0.25, -0.2) is 0 Å². The van der Waals surface area contributed by atoms with Gasteiger partial charge in [0.05, 0.1) is 0 Å². The van der Waals surface area contributed by atoms with E-state index in [1.807, 2.05) is 0 Å². The summed E-state index contributed by atoms with van der Waals surface area (Å²) in [5.74, 6) is 0.0180. The summed E-state index contributed by atoms with van der Waals surface area (Å²) < 4.78 is 47.2. The van der Waals surface area contributed by atoms with Crippen molar-refractivity contribution in [2.24, 2.45) is 5.73 Å². The Morgan fingerprint density at radius 2 is 2.00 bits per heavy atom. The minimum atomic E-state index is -4.39. The molecule has 0 saturated heterocycles. The van der Waals surface area contributed by atoms with Crippen molar-refractivity contribution < 1.29 is 17.4 Å². The van der Waals surface area contributed by atoms with Crippen LogP contribution < -0.4 is 5.73 Å². The van der Waals surface area contributed by atoms with Crippen LogP contribution >= 0.6 is 0 Å². The predicted octanol–water partition coefficient (Wildman–Crippen LogP) is 1.03. The van der Waals surface area contributed by atoms with E-state index in [4.69, 9.17) is 5.73 Å². The average molecular weight is 203 g/mol. The molecule has 0 saturated carbocycles. The molecular formula is C6H12F3NOS. The van der Waals surface area contributed by atoms with Gasteiger partial charge in [-0.05, 0) is 13.0 Å². The third-order valence-electron chi connectivity index (χ3n) is 1.40. The lowest BCUT2D eigenvalue weighted by atomic mass is 10.3. The van der Waals surface area contributed by atoms with Crippen LogP contribution in [0.2, 0.25) is 0 Å². The first-order chi connectivity index (χ1) is 5.43. The molecule has 0 rings (SSSR count). The van der Waals surface area contributed by atoms with E-state index in [1.165, 1.54) is 6.92 Å². The van der Waals surface area contributed by atoms with Crippen LogP contribution in [0.25, 0.3) is 0 Å². The van der Waals surface area contributed by atoms with E-state index >= 15 is 0 Å². The molecule has 74 valence electrons. The first-order valence-corrected chi connectivity index (χ1v) is 4.95. The fourth-order valence-electron chi connectivity index (χ4n) is 0.797. The fourth-order valence-corrected chi connectivity index (χ4v) is 1.90. The Bertz CT molecular complexity index is 159. The van der Waals surface area contributed by atoms with Crippen molar-refractivity contribution in [3.63, 3.8) is 0 Å². The highest BCUT2D eigenvalue weighted by atomic mass is 32.2. The van der Waals surface area contributed by atoms with Gasteiger partial charge in [-0.1, -0.05) is 6.92 Å². The summed E-state index contributed by atoms with van der Waals surface area (Å²) in [5.41, 5.74) is 4.98. The van der Waals surface area contributed by atoms with Crippen molar-refractivity contribution in [2.45, 2.75) is 24.8 Å². The number of alkyl halides is 3. The topological polar surface area (TPSA) is 43.1 Å². The van der Waals surface area contributed by atoms with E-state index in [-0.39, 0.29) is 18.7 Å². The van der Waals surface area contributed by atoms with Crippen molar-refractivity contribution in [1.82, 2.24) is 0 Å². The van der Waals surface area contributed by atoms with Gasteiger partial charge in [0.1, 0.15) is 5.25 Å². The van der Waals surface area contributed by atoms with Gasteiger partial charge < -0.3 is 5.73 Å². The third kappa shape index (κ3) is 3.53. The molecule has 0 aliphatic rings. The Balaban J connectivity index is 4.33. The third-order valence-corrected chi connectivity index (χ3v) is 3.10. The van der Waals surface area contributed by atoms with Crippen molar-refractivity contribution in [3.8, 4) is 0 Å². The highest BCUT2D eigenvalue weighted by molar-refractivity contribution is 7.85. The lowest BCUT2D eigenvalue weighted by Gasteiger charge is -2.17. The van der Waals surface area contributed by atoms with Crippen LogP contribution in [0.4, 0.5) is 13.2 Å². The van der Waals surface area contributed by atoms with Crippen molar-refractivity contribution in [1.29, 1.82) is 0 Å². The quantitative estimate of drug-likeness (QED) is 0.741. The maximum atomic E-state index is 12.1. The average Bonchev–Trinajstić information content (AvgIpc) is 1.96. The molecule has 12 heavy (non-hydrogen) atoms. The Hall–Kier alpha value is -0.100. The summed E-state index contributed by atoms with van der Waals surface area (Å²) in [4.78, 5) is 0. The van der Waals surface area contributed by atoms with Crippen LogP contribution in [-0.2, 0) is 10.8 Å². The van der Waals surface area contributed by atoms with E-state index in [9.17, 15) is 17.4 Å². The second kappa shape index (κ2) is 4.81. The normalized spacial score (nSPS) is 17.4. The van der Waals surface area contributed by atoms with E-state index < -0.39 is 22.2 Å². The molecule has 0 bridgehead atoms. The maximum absolute atomic E-state index is 12.1. The minimum absolute atomic E-state index is 0.0180. The SMILES string of the molecule is CCS(=O)C(CCN)C(F)(F)F. The standard InChI is InChI=1S/C6H12F3NOS/c1-2-12(11)5(3-4-10)6(7,8)9/h5H,2-4,10H2,1H3. The van der Waals surface area contributed by atoms with Crippen LogP contribution in [0, 0.1) is 0 Å². The van der Waals surface area contributed by atoms with Crippen LogP contribution in [0.5, 0.6) is 0 Å². The smallest absolute Gasteiger partial charge is 0.330 e. The molecular weight excluding hydrogens is 191 g/mol. The molecule has 0 fully saturated rings. The predicted molar refractivity (Wildman–Crippen MR) is 42.2 cm³/mol. The van der Waals surface area contributed by atoms with Crippen molar-refractivity contribution in [3.05, 3.63) is 0 Å². The van der Waals surface area contributed by atoms with Crippen molar-refractivity contribution >= 4 is 10.8 Å². The second-order valence-corrected chi connectivity index (χ2v) is 4.18. The Kier molecular flexibility index (Phi) is 4.77. The Morgan fingerprint density at radius 1 is 1.50 bits per heavy atom. The van der Waals surface area contributed by atoms with Crippen LogP contribution in [0.3, 0.4) is 0 Å². The molecule has 0 radical (unpaired) electrons. The van der Waals surface area contributed by atoms with Crippen LogP contribution in [0.15, 0.2) is 0 Å². The largest absolute Gasteiger partial charge is 0.403 e. The number of rotatable bonds is 4. The van der Waals surface area contributed by atoms with Gasteiger partial charge in [0.25, 0.3) is 0 Å². The highest BCUT2D eigenvalue weighted by Gasteiger charge is 2.42. The van der Waals surface area contributed by atoms with Gasteiger partial charge in [-0.3, -0.25) is 4.21 Å². The molecule has 0 aromatic carbocycles. The van der Waals surface area contributed by atoms with Gasteiger partial charge >= 0.3 is 6.18 Å². The van der Waals surface area contributed by atoms with Gasteiger partial charge in [-0.2, -0.15) is 13.2 Å². The van der Waals surface area contributed by atoms with E-state index in [0.717, 1.165) is 0 Å². The summed E-state index contributed by atoms with van der Waals surface area (Å²) in [6.45, 7) is 1.38. The van der Waals surface area contributed by atoms with Gasteiger partial charge in [0.15, 0.2) is 0 Å². The van der Waals surface area contributed by atoms with E-state index in [0.29, 0.717) is 0 Å². The van der Waals surface area contributed by atoms with E-state index in [2.05, 4.69) is 0 Å². The molecule has 0 aromatic heterocycles. The summed E-state index contributed by atoms with van der Waals surface area (Å²) in [7, 11) is -1.84. The summed E-state index contributed by atoms with van der Waals surface area (Å²) in [6, 6.07) is 0. The van der Waals surface area contributed by atoms with Gasteiger partial charge in [0, 0.05) is 16.6 Å². The fraction of sp³-hybridized carbons (Fsp3) is 1.00. The zero-order chi connectivity index (χ0) is 9.78. The molecule has 0 aliphatic carbocycles. The van der Waals surface area contributed by atoms with Crippen LogP contribution in [0.1, 0.15) is 13.3 Å². The lowest BCUT2D eigenvalue weighted by Crippen LogP contribution is -2.35.